The van der Waals surface area contributed by atoms with Gasteiger partial charge in [-0.1, -0.05) is 30.3 Å². The smallest absolute Gasteiger partial charge is 0.0446 e. The van der Waals surface area contributed by atoms with Crippen molar-refractivity contribution < 1.29 is 0 Å². The fourth-order valence-electron chi connectivity index (χ4n) is 2.18. The van der Waals surface area contributed by atoms with Gasteiger partial charge in [0.05, 0.1) is 0 Å². The third-order valence-electron chi connectivity index (χ3n) is 3.31. The Morgan fingerprint density at radius 3 is 2.56 bits per heavy atom. The average Bonchev–Trinajstić information content (AvgIpc) is 3.11. The lowest BCUT2D eigenvalue weighted by atomic mass is 10.1. The van der Waals surface area contributed by atoms with Crippen LogP contribution in [0, 0.1) is 5.92 Å². The summed E-state index contributed by atoms with van der Waals surface area (Å²) >= 11 is 0. The van der Waals surface area contributed by atoms with Gasteiger partial charge in [0.2, 0.25) is 0 Å². The third kappa shape index (κ3) is 3.32. The molecule has 1 unspecified atom stereocenters. The monoisotopic (exact) mass is 218 g/mol. The molecule has 0 aliphatic heterocycles. The predicted octanol–water partition coefficient (Wildman–Crippen LogP) is 2.29. The number of hydrogen-bond donors (Lipinski definition) is 1. The van der Waals surface area contributed by atoms with Crippen LogP contribution in [-0.2, 0) is 0 Å². The molecule has 88 valence electrons. The summed E-state index contributed by atoms with van der Waals surface area (Å²) in [6.07, 6.45) is 2.86. The zero-order chi connectivity index (χ0) is 11.4. The lowest BCUT2D eigenvalue weighted by Crippen LogP contribution is -2.32. The Hall–Kier alpha value is -0.860. The molecule has 2 nitrogen and oxygen atoms in total. The zero-order valence-corrected chi connectivity index (χ0v) is 10.3. The van der Waals surface area contributed by atoms with E-state index >= 15 is 0 Å². The number of likely N-dealkylation sites (N-methyl/N-ethyl adjacent to an activating group) is 2. The van der Waals surface area contributed by atoms with Crippen molar-refractivity contribution in [2.45, 2.75) is 18.9 Å². The van der Waals surface area contributed by atoms with Crippen molar-refractivity contribution in [3.63, 3.8) is 0 Å². The minimum absolute atomic E-state index is 0.449. The van der Waals surface area contributed by atoms with Crippen molar-refractivity contribution in [3.05, 3.63) is 35.9 Å². The molecule has 1 aliphatic rings. The van der Waals surface area contributed by atoms with Crippen molar-refractivity contribution in [3.8, 4) is 0 Å². The molecule has 1 saturated carbocycles. The third-order valence-corrected chi connectivity index (χ3v) is 3.31. The van der Waals surface area contributed by atoms with Crippen LogP contribution < -0.4 is 5.32 Å². The van der Waals surface area contributed by atoms with Crippen LogP contribution in [0.5, 0.6) is 0 Å². The molecular weight excluding hydrogens is 196 g/mol. The van der Waals surface area contributed by atoms with Crippen molar-refractivity contribution in [2.75, 3.05) is 27.2 Å². The summed E-state index contributed by atoms with van der Waals surface area (Å²) in [4.78, 5) is 2.45. The molecule has 0 aromatic heterocycles. The molecular formula is C14H22N2. The molecule has 0 spiro atoms. The van der Waals surface area contributed by atoms with Crippen LogP contribution in [0.3, 0.4) is 0 Å². The van der Waals surface area contributed by atoms with Crippen LogP contribution in [0.15, 0.2) is 30.3 Å². The first-order chi connectivity index (χ1) is 7.79. The summed E-state index contributed by atoms with van der Waals surface area (Å²) in [7, 11) is 4.27. The topological polar surface area (TPSA) is 15.3 Å². The second-order valence-electron chi connectivity index (χ2n) is 4.92. The highest BCUT2D eigenvalue weighted by atomic mass is 15.1. The molecule has 1 N–H and O–H groups in total. The van der Waals surface area contributed by atoms with Crippen molar-refractivity contribution in [1.29, 1.82) is 0 Å². The highest BCUT2D eigenvalue weighted by Gasteiger charge is 2.23. The van der Waals surface area contributed by atoms with Crippen LogP contribution in [-0.4, -0.2) is 32.1 Å². The fraction of sp³-hybridized carbons (Fsp3) is 0.571. The van der Waals surface area contributed by atoms with Gasteiger partial charge in [0, 0.05) is 19.1 Å². The van der Waals surface area contributed by atoms with Gasteiger partial charge in [-0.05, 0) is 38.4 Å². The van der Waals surface area contributed by atoms with E-state index in [1.165, 1.54) is 24.9 Å². The SMILES string of the molecule is CNC(CN(C)CC1CC1)c1ccccc1. The van der Waals surface area contributed by atoms with E-state index in [0.717, 1.165) is 12.5 Å². The van der Waals surface area contributed by atoms with Gasteiger partial charge in [0.15, 0.2) is 0 Å². The number of benzene rings is 1. The molecule has 1 aromatic carbocycles. The molecule has 1 aliphatic carbocycles. The lowest BCUT2D eigenvalue weighted by Gasteiger charge is -2.24. The summed E-state index contributed by atoms with van der Waals surface area (Å²) in [6, 6.07) is 11.1. The van der Waals surface area contributed by atoms with Gasteiger partial charge in [-0.25, -0.2) is 0 Å². The number of rotatable bonds is 6. The molecule has 2 heteroatoms. The van der Waals surface area contributed by atoms with E-state index in [-0.39, 0.29) is 0 Å². The van der Waals surface area contributed by atoms with Gasteiger partial charge < -0.3 is 10.2 Å². The lowest BCUT2D eigenvalue weighted by molar-refractivity contribution is 0.286. The molecule has 0 heterocycles. The van der Waals surface area contributed by atoms with Gasteiger partial charge in [0.25, 0.3) is 0 Å². The Labute approximate surface area is 98.7 Å². The van der Waals surface area contributed by atoms with Crippen LogP contribution >= 0.6 is 0 Å². The first kappa shape index (κ1) is 11.6. The Bertz CT molecular complexity index is 306. The maximum atomic E-state index is 3.40. The molecule has 1 atom stereocenters. The fourth-order valence-corrected chi connectivity index (χ4v) is 2.18. The highest BCUT2D eigenvalue weighted by molar-refractivity contribution is 5.19. The highest BCUT2D eigenvalue weighted by Crippen LogP contribution is 2.29. The van der Waals surface area contributed by atoms with Crippen molar-refractivity contribution >= 4 is 0 Å². The Kier molecular flexibility index (Phi) is 3.97. The molecule has 1 fully saturated rings. The minimum Gasteiger partial charge on any atom is -0.312 e. The summed E-state index contributed by atoms with van der Waals surface area (Å²) in [6.45, 7) is 2.35. The van der Waals surface area contributed by atoms with Crippen molar-refractivity contribution in [1.82, 2.24) is 10.2 Å². The van der Waals surface area contributed by atoms with Gasteiger partial charge >= 0.3 is 0 Å². The largest absolute Gasteiger partial charge is 0.312 e. The Morgan fingerprint density at radius 1 is 1.31 bits per heavy atom. The van der Waals surface area contributed by atoms with E-state index in [1.807, 2.05) is 7.05 Å². The van der Waals surface area contributed by atoms with Crippen LogP contribution in [0.25, 0.3) is 0 Å². The number of hydrogen-bond acceptors (Lipinski definition) is 2. The van der Waals surface area contributed by atoms with Crippen LogP contribution in [0.4, 0.5) is 0 Å². The minimum atomic E-state index is 0.449. The maximum absolute atomic E-state index is 3.40. The number of nitrogens with one attached hydrogen (secondary N) is 1. The zero-order valence-electron chi connectivity index (χ0n) is 10.3. The molecule has 16 heavy (non-hydrogen) atoms. The van der Waals surface area contributed by atoms with E-state index in [0.29, 0.717) is 6.04 Å². The predicted molar refractivity (Wildman–Crippen MR) is 68.5 cm³/mol. The van der Waals surface area contributed by atoms with Crippen LogP contribution in [0.1, 0.15) is 24.4 Å². The van der Waals surface area contributed by atoms with Gasteiger partial charge in [-0.15, -0.1) is 0 Å². The molecule has 0 bridgehead atoms. The number of nitrogens with zero attached hydrogens (tertiary/aromatic N) is 1. The summed E-state index contributed by atoms with van der Waals surface area (Å²) < 4.78 is 0. The van der Waals surface area contributed by atoms with Gasteiger partial charge in [-0.3, -0.25) is 0 Å². The Balaban J connectivity index is 1.89. The molecule has 0 amide bonds. The normalized spacial score (nSPS) is 17.7. The van der Waals surface area contributed by atoms with Gasteiger partial charge in [-0.2, -0.15) is 0 Å². The van der Waals surface area contributed by atoms with E-state index in [1.54, 1.807) is 0 Å². The molecule has 2 rings (SSSR count). The summed E-state index contributed by atoms with van der Waals surface area (Å²) in [5.74, 6) is 0.971. The van der Waals surface area contributed by atoms with Crippen LogP contribution in [0.2, 0.25) is 0 Å². The summed E-state index contributed by atoms with van der Waals surface area (Å²) in [5, 5.41) is 3.40. The van der Waals surface area contributed by atoms with E-state index in [4.69, 9.17) is 0 Å². The van der Waals surface area contributed by atoms with E-state index in [9.17, 15) is 0 Å². The van der Waals surface area contributed by atoms with E-state index < -0.39 is 0 Å². The average molecular weight is 218 g/mol. The maximum Gasteiger partial charge on any atom is 0.0446 e. The second-order valence-corrected chi connectivity index (χ2v) is 4.92. The first-order valence-corrected chi connectivity index (χ1v) is 6.20. The molecule has 0 radical (unpaired) electrons. The first-order valence-electron chi connectivity index (χ1n) is 6.20. The Morgan fingerprint density at radius 2 is 2.00 bits per heavy atom. The molecule has 1 aromatic rings. The second kappa shape index (κ2) is 5.46. The molecule has 0 saturated heterocycles. The standard InChI is InChI=1S/C14H22N2/c1-15-14(13-6-4-3-5-7-13)11-16(2)10-12-8-9-12/h3-7,12,14-15H,8-11H2,1-2H3. The van der Waals surface area contributed by atoms with Crippen molar-refractivity contribution in [2.24, 2.45) is 5.92 Å². The van der Waals surface area contributed by atoms with Gasteiger partial charge in [0.1, 0.15) is 0 Å². The van der Waals surface area contributed by atoms with E-state index in [2.05, 4.69) is 47.6 Å². The quantitative estimate of drug-likeness (QED) is 0.788. The summed E-state index contributed by atoms with van der Waals surface area (Å²) in [5.41, 5.74) is 1.38.